The Labute approximate surface area is 185 Å². The molecule has 0 spiro atoms. The molecule has 4 rings (SSSR count). The van der Waals surface area contributed by atoms with Gasteiger partial charge in [-0.15, -0.1) is 0 Å². The van der Waals surface area contributed by atoms with Crippen molar-refractivity contribution < 1.29 is 13.6 Å². The molecule has 0 aliphatic heterocycles. The van der Waals surface area contributed by atoms with Crippen LogP contribution in [0.25, 0.3) is 17.3 Å². The van der Waals surface area contributed by atoms with Crippen molar-refractivity contribution in [1.29, 1.82) is 0 Å². The van der Waals surface area contributed by atoms with E-state index in [-0.39, 0.29) is 11.7 Å². The van der Waals surface area contributed by atoms with E-state index in [0.29, 0.717) is 18.0 Å². The van der Waals surface area contributed by atoms with Crippen LogP contribution in [0.5, 0.6) is 0 Å². The Morgan fingerprint density at radius 2 is 1.91 bits per heavy atom. The van der Waals surface area contributed by atoms with E-state index in [1.807, 2.05) is 31.2 Å². The highest BCUT2D eigenvalue weighted by molar-refractivity contribution is 6.02. The van der Waals surface area contributed by atoms with Crippen LogP contribution in [0, 0.1) is 5.82 Å². The van der Waals surface area contributed by atoms with Crippen molar-refractivity contribution in [2.45, 2.75) is 19.8 Å². The average molecular weight is 430 g/mol. The van der Waals surface area contributed by atoms with E-state index in [0.717, 1.165) is 34.5 Å². The van der Waals surface area contributed by atoms with Crippen LogP contribution in [0.1, 0.15) is 29.6 Å². The summed E-state index contributed by atoms with van der Waals surface area (Å²) in [6, 6.07) is 13.7. The number of amides is 1. The fraction of sp³-hybridized carbons (Fsp3) is 0.160. The van der Waals surface area contributed by atoms with Crippen LogP contribution in [0.2, 0.25) is 0 Å². The molecule has 0 radical (unpaired) electrons. The van der Waals surface area contributed by atoms with Crippen molar-refractivity contribution in [3.8, 4) is 11.3 Å². The Morgan fingerprint density at radius 3 is 2.59 bits per heavy atom. The minimum atomic E-state index is -0.301. The molecule has 2 heterocycles. The first-order valence-electron chi connectivity index (χ1n) is 10.3. The molecule has 4 aromatic rings. The maximum atomic E-state index is 13.2. The summed E-state index contributed by atoms with van der Waals surface area (Å²) < 4.78 is 20.4. The SMILES string of the molecule is CCc1coc(Cc2ccc(NC(=O)/C=C/c3cnn(C)c3-c3ccc(F)cc3)cc2)n1. The van der Waals surface area contributed by atoms with Gasteiger partial charge in [0.1, 0.15) is 12.1 Å². The van der Waals surface area contributed by atoms with Crippen LogP contribution in [-0.2, 0) is 24.7 Å². The smallest absolute Gasteiger partial charge is 0.248 e. The molecule has 2 aromatic carbocycles. The molecule has 0 aliphatic rings. The minimum absolute atomic E-state index is 0.257. The molecule has 32 heavy (non-hydrogen) atoms. The van der Waals surface area contributed by atoms with Crippen LogP contribution >= 0.6 is 0 Å². The van der Waals surface area contributed by atoms with E-state index in [2.05, 4.69) is 15.4 Å². The van der Waals surface area contributed by atoms with Gasteiger partial charge in [0.15, 0.2) is 5.89 Å². The summed E-state index contributed by atoms with van der Waals surface area (Å²) in [5.74, 6) is 0.117. The molecule has 2 aromatic heterocycles. The second-order valence-electron chi connectivity index (χ2n) is 7.36. The molecule has 6 nitrogen and oxygen atoms in total. The average Bonchev–Trinajstić information content (AvgIpc) is 3.40. The number of halogens is 1. The summed E-state index contributed by atoms with van der Waals surface area (Å²) in [5.41, 5.74) is 5.06. The van der Waals surface area contributed by atoms with Gasteiger partial charge in [0, 0.05) is 36.4 Å². The lowest BCUT2D eigenvalue weighted by Crippen LogP contribution is -2.07. The number of nitrogens with zero attached hydrogens (tertiary/aromatic N) is 3. The molecule has 0 saturated heterocycles. The Kier molecular flexibility index (Phi) is 6.26. The summed E-state index contributed by atoms with van der Waals surface area (Å²) in [5, 5.41) is 7.10. The molecule has 0 saturated carbocycles. The zero-order valence-corrected chi connectivity index (χ0v) is 17.9. The number of nitrogens with one attached hydrogen (secondary N) is 1. The first-order valence-corrected chi connectivity index (χ1v) is 10.3. The van der Waals surface area contributed by atoms with Crippen molar-refractivity contribution in [3.05, 3.63) is 95.6 Å². The fourth-order valence-corrected chi connectivity index (χ4v) is 3.36. The highest BCUT2D eigenvalue weighted by Crippen LogP contribution is 2.24. The standard InChI is InChI=1S/C25H23FN4O2/c1-3-21-16-32-24(29-21)14-17-4-11-22(12-5-17)28-23(31)13-8-19-15-27-30(2)25(19)18-6-9-20(26)10-7-18/h4-13,15-16H,3,14H2,1-2H3,(H,28,31)/b13-8+. The van der Waals surface area contributed by atoms with Crippen LogP contribution in [0.4, 0.5) is 10.1 Å². The van der Waals surface area contributed by atoms with E-state index >= 15 is 0 Å². The van der Waals surface area contributed by atoms with Crippen molar-refractivity contribution >= 4 is 17.7 Å². The van der Waals surface area contributed by atoms with E-state index in [4.69, 9.17) is 4.42 Å². The highest BCUT2D eigenvalue weighted by atomic mass is 19.1. The largest absolute Gasteiger partial charge is 0.448 e. The summed E-state index contributed by atoms with van der Waals surface area (Å²) in [7, 11) is 1.80. The van der Waals surface area contributed by atoms with Gasteiger partial charge in [0.25, 0.3) is 0 Å². The number of hydrogen-bond acceptors (Lipinski definition) is 4. The second-order valence-corrected chi connectivity index (χ2v) is 7.36. The monoisotopic (exact) mass is 430 g/mol. The van der Waals surface area contributed by atoms with Crippen molar-refractivity contribution in [2.24, 2.45) is 7.05 Å². The van der Waals surface area contributed by atoms with Crippen LogP contribution in [0.15, 0.2) is 71.5 Å². The predicted molar refractivity (Wildman–Crippen MR) is 121 cm³/mol. The number of hydrogen-bond donors (Lipinski definition) is 1. The number of rotatable bonds is 7. The van der Waals surface area contributed by atoms with Gasteiger partial charge in [-0.3, -0.25) is 9.48 Å². The third-order valence-electron chi connectivity index (χ3n) is 5.04. The second kappa shape index (κ2) is 9.43. The number of carbonyl (C=O) groups excluding carboxylic acids is 1. The maximum Gasteiger partial charge on any atom is 0.248 e. The lowest BCUT2D eigenvalue weighted by atomic mass is 10.1. The van der Waals surface area contributed by atoms with Gasteiger partial charge in [-0.25, -0.2) is 9.37 Å². The number of anilines is 1. The highest BCUT2D eigenvalue weighted by Gasteiger charge is 2.10. The van der Waals surface area contributed by atoms with Crippen LogP contribution < -0.4 is 5.32 Å². The van der Waals surface area contributed by atoms with Crippen LogP contribution in [0.3, 0.4) is 0 Å². The van der Waals surface area contributed by atoms with Gasteiger partial charge in [-0.05, 0) is 54.5 Å². The van der Waals surface area contributed by atoms with E-state index in [1.165, 1.54) is 18.2 Å². The van der Waals surface area contributed by atoms with Gasteiger partial charge in [-0.2, -0.15) is 5.10 Å². The molecule has 1 amide bonds. The van der Waals surface area contributed by atoms with Crippen LogP contribution in [-0.4, -0.2) is 20.7 Å². The lowest BCUT2D eigenvalue weighted by Gasteiger charge is -2.05. The first-order chi connectivity index (χ1) is 15.5. The zero-order valence-electron chi connectivity index (χ0n) is 17.9. The van der Waals surface area contributed by atoms with Gasteiger partial charge in [0.2, 0.25) is 5.91 Å². The number of benzene rings is 2. The molecule has 0 fully saturated rings. The summed E-state index contributed by atoms with van der Waals surface area (Å²) in [6.45, 7) is 2.03. The molecular formula is C25H23FN4O2. The Morgan fingerprint density at radius 1 is 1.16 bits per heavy atom. The zero-order chi connectivity index (χ0) is 22.5. The van der Waals surface area contributed by atoms with Crippen molar-refractivity contribution in [3.63, 3.8) is 0 Å². The van der Waals surface area contributed by atoms with Gasteiger partial charge >= 0.3 is 0 Å². The predicted octanol–water partition coefficient (Wildman–Crippen LogP) is 5.02. The quantitative estimate of drug-likeness (QED) is 0.418. The first kappa shape index (κ1) is 21.2. The maximum absolute atomic E-state index is 13.2. The number of aryl methyl sites for hydroxylation is 2. The van der Waals surface area contributed by atoms with Crippen molar-refractivity contribution in [2.75, 3.05) is 5.32 Å². The third kappa shape index (κ3) is 5.00. The Bertz CT molecular complexity index is 1240. The summed E-state index contributed by atoms with van der Waals surface area (Å²) in [4.78, 5) is 16.8. The summed E-state index contributed by atoms with van der Waals surface area (Å²) >= 11 is 0. The Balaban J connectivity index is 1.40. The molecule has 7 heteroatoms. The summed E-state index contributed by atoms with van der Waals surface area (Å²) in [6.07, 6.45) is 7.94. The van der Waals surface area contributed by atoms with E-state index < -0.39 is 0 Å². The Hall–Kier alpha value is -4.00. The molecule has 0 atom stereocenters. The number of oxazole rings is 1. The molecule has 162 valence electrons. The number of aromatic nitrogens is 3. The molecule has 0 aliphatic carbocycles. The number of carbonyl (C=O) groups is 1. The third-order valence-corrected chi connectivity index (χ3v) is 5.04. The molecular weight excluding hydrogens is 407 g/mol. The molecule has 1 N–H and O–H groups in total. The molecule has 0 bridgehead atoms. The van der Waals surface area contributed by atoms with Gasteiger partial charge in [0.05, 0.1) is 17.6 Å². The van der Waals surface area contributed by atoms with Gasteiger partial charge < -0.3 is 9.73 Å². The van der Waals surface area contributed by atoms with E-state index in [9.17, 15) is 9.18 Å². The fourth-order valence-electron chi connectivity index (χ4n) is 3.36. The topological polar surface area (TPSA) is 73.0 Å². The minimum Gasteiger partial charge on any atom is -0.448 e. The van der Waals surface area contributed by atoms with Gasteiger partial charge in [-0.1, -0.05) is 19.1 Å². The van der Waals surface area contributed by atoms with Crippen molar-refractivity contribution in [1.82, 2.24) is 14.8 Å². The van der Waals surface area contributed by atoms with E-state index in [1.54, 1.807) is 42.4 Å². The normalized spacial score (nSPS) is 11.2. The molecule has 0 unspecified atom stereocenters. The lowest BCUT2D eigenvalue weighted by molar-refractivity contribution is -0.111.